The van der Waals surface area contributed by atoms with Crippen molar-refractivity contribution in [1.82, 2.24) is 29.5 Å². The molecule has 238 valence electrons. The molecule has 2 aromatic carbocycles. The maximum atomic E-state index is 12.0. The summed E-state index contributed by atoms with van der Waals surface area (Å²) in [5.41, 5.74) is 30.7. The molecule has 0 saturated carbocycles. The number of amides is 2. The van der Waals surface area contributed by atoms with E-state index in [2.05, 4.69) is 24.9 Å². The monoisotopic (exact) mass is 668 g/mol. The number of halogens is 2. The zero-order valence-electron chi connectivity index (χ0n) is 25.5. The van der Waals surface area contributed by atoms with E-state index in [-0.39, 0.29) is 0 Å². The van der Waals surface area contributed by atoms with Gasteiger partial charge in [0.1, 0.15) is 24.3 Å². The number of carbonyl (C=O) groups excluding carboxylic acids is 2. The number of nitrogen functional groups attached to an aromatic ring is 2. The van der Waals surface area contributed by atoms with Crippen LogP contribution in [-0.4, -0.2) is 41.3 Å². The lowest BCUT2D eigenvalue weighted by Crippen LogP contribution is -2.12. The van der Waals surface area contributed by atoms with Crippen LogP contribution in [0.3, 0.4) is 0 Å². The first-order valence-corrected chi connectivity index (χ1v) is 14.8. The first-order chi connectivity index (χ1) is 22.3. The van der Waals surface area contributed by atoms with E-state index in [1.165, 1.54) is 12.7 Å². The van der Waals surface area contributed by atoms with Crippen molar-refractivity contribution in [2.45, 2.75) is 13.8 Å². The second-order valence-corrected chi connectivity index (χ2v) is 11.5. The molecule has 0 radical (unpaired) electrons. The second kappa shape index (κ2) is 13.3. The number of nitrogens with two attached hydrogens (primary N) is 4. The lowest BCUT2D eigenvalue weighted by atomic mass is 10.0. The average Bonchev–Trinajstić information content (AvgIpc) is 3.62. The number of anilines is 2. The van der Waals surface area contributed by atoms with Gasteiger partial charge in [0.2, 0.25) is 0 Å². The average molecular weight is 670 g/mol. The summed E-state index contributed by atoms with van der Waals surface area (Å²) in [6, 6.07) is 17.6. The molecule has 4 heterocycles. The van der Waals surface area contributed by atoms with Gasteiger partial charge in [0.25, 0.3) is 11.8 Å². The van der Waals surface area contributed by atoms with Crippen molar-refractivity contribution in [1.29, 1.82) is 0 Å². The van der Waals surface area contributed by atoms with Crippen LogP contribution in [0.4, 0.5) is 11.6 Å². The van der Waals surface area contributed by atoms with Crippen molar-refractivity contribution in [2.75, 3.05) is 11.5 Å². The molecule has 0 spiro atoms. The molecule has 6 rings (SSSR count). The van der Waals surface area contributed by atoms with Gasteiger partial charge in [-0.25, -0.2) is 19.9 Å². The van der Waals surface area contributed by atoms with E-state index in [9.17, 15) is 9.59 Å². The fraction of sp³-hybridized carbons (Fsp3) is 0.0909. The minimum atomic E-state index is -0.538. The highest BCUT2D eigenvalue weighted by Gasteiger charge is 2.22. The molecule has 0 bridgehead atoms. The van der Waals surface area contributed by atoms with Crippen LogP contribution in [0, 0.1) is 13.8 Å². The third-order valence-electron chi connectivity index (χ3n) is 7.42. The summed E-state index contributed by atoms with van der Waals surface area (Å²) in [5.74, 6) is -0.370. The molecule has 2 amide bonds. The van der Waals surface area contributed by atoms with Crippen molar-refractivity contribution in [3.63, 3.8) is 0 Å². The largest absolute Gasteiger partial charge is 0.384 e. The van der Waals surface area contributed by atoms with Gasteiger partial charge < -0.3 is 32.5 Å². The third kappa shape index (κ3) is 6.93. The molecule has 0 atom stereocenters. The predicted molar refractivity (Wildman–Crippen MR) is 184 cm³/mol. The fourth-order valence-corrected chi connectivity index (χ4v) is 5.45. The van der Waals surface area contributed by atoms with Gasteiger partial charge in [-0.3, -0.25) is 9.59 Å². The molecule has 4 aromatic heterocycles. The van der Waals surface area contributed by atoms with Crippen molar-refractivity contribution >= 4 is 46.7 Å². The zero-order chi connectivity index (χ0) is 34.0. The van der Waals surface area contributed by atoms with Crippen LogP contribution >= 0.6 is 23.2 Å². The minimum Gasteiger partial charge on any atom is -0.384 e. The van der Waals surface area contributed by atoms with Gasteiger partial charge in [0, 0.05) is 40.4 Å². The number of carbonyl (C=O) groups is 2. The van der Waals surface area contributed by atoms with E-state index in [0.717, 1.165) is 22.3 Å². The molecular formula is C33H30Cl2N10O2. The first-order valence-electron chi connectivity index (χ1n) is 14.0. The molecule has 0 aliphatic rings. The Kier molecular flexibility index (Phi) is 9.27. The third-order valence-corrected chi connectivity index (χ3v) is 7.89. The number of aryl methyl sites for hydroxylation is 2. The first kappa shape index (κ1) is 32.7. The van der Waals surface area contributed by atoms with E-state index in [4.69, 9.17) is 46.1 Å². The molecule has 47 heavy (non-hydrogen) atoms. The number of nitrogens with zero attached hydrogens (tertiary/aromatic N) is 5. The van der Waals surface area contributed by atoms with E-state index < -0.39 is 11.8 Å². The lowest BCUT2D eigenvalue weighted by Gasteiger charge is -2.12. The number of aromatic nitrogens is 6. The summed E-state index contributed by atoms with van der Waals surface area (Å²) >= 11 is 12.2. The highest BCUT2D eigenvalue weighted by atomic mass is 35.5. The summed E-state index contributed by atoms with van der Waals surface area (Å²) in [6.07, 6.45) is 2.74. The van der Waals surface area contributed by atoms with E-state index in [0.29, 0.717) is 67.0 Å². The quantitative estimate of drug-likeness (QED) is 0.151. The number of primary amides is 2. The second-order valence-electron chi connectivity index (χ2n) is 10.6. The summed E-state index contributed by atoms with van der Waals surface area (Å²) in [5, 5.41) is 1.16. The van der Waals surface area contributed by atoms with Gasteiger partial charge in [-0.15, -0.1) is 0 Å². The molecule has 6 aromatic rings. The molecular weight excluding hydrogens is 639 g/mol. The van der Waals surface area contributed by atoms with Crippen molar-refractivity contribution < 1.29 is 9.59 Å². The normalized spacial score (nSPS) is 10.7. The number of aromatic amines is 1. The van der Waals surface area contributed by atoms with Crippen LogP contribution in [-0.2, 0) is 7.05 Å². The number of benzene rings is 2. The van der Waals surface area contributed by atoms with Crippen molar-refractivity contribution in [2.24, 2.45) is 18.5 Å². The Labute approximate surface area is 279 Å². The van der Waals surface area contributed by atoms with E-state index >= 15 is 0 Å². The number of H-pyrrole nitrogens is 1. The van der Waals surface area contributed by atoms with Gasteiger partial charge in [-0.05, 0) is 61.4 Å². The molecule has 9 N–H and O–H groups in total. The maximum absolute atomic E-state index is 12.0. The topological polar surface area (TPSA) is 210 Å². The summed E-state index contributed by atoms with van der Waals surface area (Å²) < 4.78 is 1.86. The van der Waals surface area contributed by atoms with Gasteiger partial charge in [-0.2, -0.15) is 0 Å². The van der Waals surface area contributed by atoms with Gasteiger partial charge >= 0.3 is 0 Å². The maximum Gasteiger partial charge on any atom is 0.250 e. The SMILES string of the molecule is Cc1ccc(Cl)cc1-c1[nH]c(-c2cc(N)ncn2)cc1C(N)=O.Cc1ccc(Cl)cc1-c1c(C(N)=O)cc(-c2cc(N)ncn2)n1C. The van der Waals surface area contributed by atoms with Gasteiger partial charge in [0.15, 0.2) is 0 Å². The van der Waals surface area contributed by atoms with Crippen LogP contribution in [0.25, 0.3) is 45.3 Å². The molecule has 0 saturated heterocycles. The smallest absolute Gasteiger partial charge is 0.250 e. The molecule has 12 nitrogen and oxygen atoms in total. The van der Waals surface area contributed by atoms with Gasteiger partial charge in [0.05, 0.1) is 45.3 Å². The molecule has 0 aliphatic heterocycles. The van der Waals surface area contributed by atoms with Crippen molar-refractivity contribution in [3.8, 4) is 45.3 Å². The summed E-state index contributed by atoms with van der Waals surface area (Å²) in [7, 11) is 1.84. The Balaban J connectivity index is 0.000000185. The number of rotatable bonds is 6. The predicted octanol–water partition coefficient (Wildman–Crippen LogP) is 5.57. The Morgan fingerprint density at radius 1 is 0.702 bits per heavy atom. The molecule has 0 fully saturated rings. The van der Waals surface area contributed by atoms with Crippen LogP contribution in [0.1, 0.15) is 31.8 Å². The Morgan fingerprint density at radius 3 is 1.81 bits per heavy atom. The Hall–Kier alpha value is -5.72. The standard InChI is InChI=1S/C17H16ClN5O.C16H14ClN5O/c1-9-3-4-10(18)5-11(9)16-12(17(20)24)6-14(23(16)2)13-7-15(19)22-8-21-13;1-8-2-3-9(17)4-10(8)15-11(16(19)23)5-13(22-15)12-6-14(18)21-7-20-12/h3-8H,1-2H3,(H2,20,24)(H2,19,21,22);2-7,22H,1H3,(H2,19,23)(H2,18,20,21). The number of hydrogen-bond donors (Lipinski definition) is 5. The van der Waals surface area contributed by atoms with Crippen LogP contribution in [0.5, 0.6) is 0 Å². The minimum absolute atomic E-state index is 0.339. The number of nitrogens with one attached hydrogen (secondary N) is 1. The van der Waals surface area contributed by atoms with Crippen LogP contribution in [0.2, 0.25) is 10.0 Å². The number of hydrogen-bond acceptors (Lipinski definition) is 8. The van der Waals surface area contributed by atoms with Crippen molar-refractivity contribution in [3.05, 3.63) is 106 Å². The van der Waals surface area contributed by atoms with Crippen LogP contribution < -0.4 is 22.9 Å². The Bertz CT molecular complexity index is 2160. The molecule has 14 heteroatoms. The fourth-order valence-electron chi connectivity index (χ4n) is 5.11. The lowest BCUT2D eigenvalue weighted by molar-refractivity contribution is 0.0992. The van der Waals surface area contributed by atoms with Gasteiger partial charge in [-0.1, -0.05) is 35.3 Å². The molecule has 0 unspecified atom stereocenters. The highest BCUT2D eigenvalue weighted by molar-refractivity contribution is 6.31. The highest BCUT2D eigenvalue weighted by Crippen LogP contribution is 2.35. The summed E-state index contributed by atoms with van der Waals surface area (Å²) in [4.78, 5) is 43.1. The Morgan fingerprint density at radius 2 is 1.23 bits per heavy atom. The zero-order valence-corrected chi connectivity index (χ0v) is 27.1. The molecule has 0 aliphatic carbocycles. The van der Waals surface area contributed by atoms with Crippen LogP contribution in [0.15, 0.2) is 73.3 Å². The summed E-state index contributed by atoms with van der Waals surface area (Å²) in [6.45, 7) is 3.88. The van der Waals surface area contributed by atoms with E-state index in [1.807, 2.05) is 43.7 Å². The van der Waals surface area contributed by atoms with E-state index in [1.54, 1.807) is 42.5 Å².